The summed E-state index contributed by atoms with van der Waals surface area (Å²) < 4.78 is 10.9. The molecular formula is C20H15ClN2O4S. The summed E-state index contributed by atoms with van der Waals surface area (Å²) in [5.41, 5.74) is 1.10. The third-order valence-corrected chi connectivity index (χ3v) is 4.82. The summed E-state index contributed by atoms with van der Waals surface area (Å²) in [6, 6.07) is 13.6. The Hall–Kier alpha value is -2.95. The molecule has 0 aliphatic carbocycles. The first kappa shape index (κ1) is 19.8. The second-order valence-corrected chi connectivity index (χ2v) is 7.01. The van der Waals surface area contributed by atoms with Crippen LogP contribution in [-0.4, -0.2) is 24.4 Å². The third-order valence-electron chi connectivity index (χ3n) is 3.72. The van der Waals surface area contributed by atoms with E-state index in [0.717, 1.165) is 16.7 Å². The van der Waals surface area contributed by atoms with Crippen LogP contribution in [0.25, 0.3) is 6.08 Å². The van der Waals surface area contributed by atoms with Crippen LogP contribution < -0.4 is 14.4 Å². The van der Waals surface area contributed by atoms with E-state index in [0.29, 0.717) is 34.4 Å². The average molecular weight is 415 g/mol. The lowest BCUT2D eigenvalue weighted by Gasteiger charge is -2.12. The monoisotopic (exact) mass is 414 g/mol. The fraction of sp³-hybridized carbons (Fsp3) is 0.150. The molecule has 0 aromatic heterocycles. The molecule has 0 saturated carbocycles. The molecule has 1 aliphatic heterocycles. The SMILES string of the molecule is CCOc1cc(C=C2SC(=O)N(c3cccc(Cl)c3)C2=O)ccc1OCC#N. The fourth-order valence-electron chi connectivity index (χ4n) is 2.57. The van der Waals surface area contributed by atoms with Gasteiger partial charge in [-0.2, -0.15) is 5.26 Å². The van der Waals surface area contributed by atoms with Crippen LogP contribution in [0.4, 0.5) is 10.5 Å². The molecule has 1 aliphatic rings. The number of carbonyl (C=O) groups is 2. The van der Waals surface area contributed by atoms with Crippen LogP contribution in [0.15, 0.2) is 47.4 Å². The number of nitriles is 1. The Labute approximate surface area is 171 Å². The van der Waals surface area contributed by atoms with Gasteiger partial charge in [0.05, 0.1) is 17.2 Å². The predicted octanol–water partition coefficient (Wildman–Crippen LogP) is 4.88. The number of anilines is 1. The Kier molecular flexibility index (Phi) is 6.24. The highest BCUT2D eigenvalue weighted by Crippen LogP contribution is 2.37. The summed E-state index contributed by atoms with van der Waals surface area (Å²) in [6.07, 6.45) is 1.62. The van der Waals surface area contributed by atoms with Gasteiger partial charge >= 0.3 is 0 Å². The molecule has 1 fully saturated rings. The van der Waals surface area contributed by atoms with Gasteiger partial charge in [-0.05, 0) is 60.7 Å². The second kappa shape index (κ2) is 8.83. The zero-order valence-electron chi connectivity index (χ0n) is 14.8. The van der Waals surface area contributed by atoms with E-state index < -0.39 is 11.1 Å². The molecule has 0 unspecified atom stereocenters. The summed E-state index contributed by atoms with van der Waals surface area (Å²) in [5, 5.41) is 8.72. The van der Waals surface area contributed by atoms with Crippen molar-refractivity contribution in [2.75, 3.05) is 18.1 Å². The maximum Gasteiger partial charge on any atom is 0.298 e. The number of ether oxygens (including phenoxy) is 2. The Morgan fingerprint density at radius 2 is 2.00 bits per heavy atom. The molecule has 0 atom stereocenters. The molecule has 0 radical (unpaired) electrons. The van der Waals surface area contributed by atoms with E-state index in [4.69, 9.17) is 26.3 Å². The van der Waals surface area contributed by atoms with E-state index in [2.05, 4.69) is 0 Å². The van der Waals surface area contributed by atoms with Gasteiger partial charge in [-0.1, -0.05) is 23.7 Å². The van der Waals surface area contributed by atoms with Crippen LogP contribution in [0.3, 0.4) is 0 Å². The van der Waals surface area contributed by atoms with Crippen LogP contribution in [0, 0.1) is 11.3 Å². The molecular weight excluding hydrogens is 400 g/mol. The smallest absolute Gasteiger partial charge is 0.298 e. The number of thioether (sulfide) groups is 1. The molecule has 3 rings (SSSR count). The van der Waals surface area contributed by atoms with Crippen LogP contribution in [0.1, 0.15) is 12.5 Å². The molecule has 0 spiro atoms. The van der Waals surface area contributed by atoms with Gasteiger partial charge in [0.1, 0.15) is 6.07 Å². The number of halogens is 1. The molecule has 2 aromatic rings. The highest BCUT2D eigenvalue weighted by Gasteiger charge is 2.36. The first-order valence-electron chi connectivity index (χ1n) is 8.33. The summed E-state index contributed by atoms with van der Waals surface area (Å²) in [4.78, 5) is 26.5. The molecule has 2 aromatic carbocycles. The van der Waals surface area contributed by atoms with Crippen molar-refractivity contribution in [2.24, 2.45) is 0 Å². The Morgan fingerprint density at radius 1 is 1.18 bits per heavy atom. The van der Waals surface area contributed by atoms with E-state index in [-0.39, 0.29) is 11.5 Å². The topological polar surface area (TPSA) is 79.6 Å². The lowest BCUT2D eigenvalue weighted by atomic mass is 10.1. The molecule has 2 amide bonds. The first-order valence-corrected chi connectivity index (χ1v) is 9.53. The van der Waals surface area contributed by atoms with Gasteiger partial charge in [0, 0.05) is 5.02 Å². The third kappa shape index (κ3) is 4.30. The fourth-order valence-corrected chi connectivity index (χ4v) is 3.59. The molecule has 1 heterocycles. The summed E-state index contributed by atoms with van der Waals surface area (Å²) in [7, 11) is 0. The Morgan fingerprint density at radius 3 is 2.71 bits per heavy atom. The largest absolute Gasteiger partial charge is 0.490 e. The van der Waals surface area contributed by atoms with Gasteiger partial charge in [0.15, 0.2) is 18.1 Å². The Bertz CT molecular complexity index is 1000. The van der Waals surface area contributed by atoms with Crippen LogP contribution in [-0.2, 0) is 4.79 Å². The molecule has 8 heteroatoms. The van der Waals surface area contributed by atoms with Gasteiger partial charge in [-0.3, -0.25) is 9.59 Å². The first-order chi connectivity index (χ1) is 13.5. The van der Waals surface area contributed by atoms with Crippen molar-refractivity contribution in [3.63, 3.8) is 0 Å². The molecule has 142 valence electrons. The van der Waals surface area contributed by atoms with Crippen LogP contribution in [0.2, 0.25) is 5.02 Å². The van der Waals surface area contributed by atoms with Crippen molar-refractivity contribution >= 4 is 46.3 Å². The van der Waals surface area contributed by atoms with Crippen molar-refractivity contribution in [3.8, 4) is 17.6 Å². The standard InChI is InChI=1S/C20H15ClN2O4S/c1-2-26-17-10-13(6-7-16(17)27-9-8-22)11-18-19(24)23(20(25)28-18)15-5-3-4-14(21)12-15/h3-7,10-12H,2,9H2,1H3. The zero-order chi connectivity index (χ0) is 20.1. The average Bonchev–Trinajstić information content (AvgIpc) is 2.94. The van der Waals surface area contributed by atoms with E-state index in [1.165, 1.54) is 0 Å². The number of imide groups is 1. The second-order valence-electron chi connectivity index (χ2n) is 5.58. The van der Waals surface area contributed by atoms with Crippen LogP contribution in [0.5, 0.6) is 11.5 Å². The maximum atomic E-state index is 12.7. The number of carbonyl (C=O) groups excluding carboxylic acids is 2. The van der Waals surface area contributed by atoms with Crippen LogP contribution >= 0.6 is 23.4 Å². The molecule has 1 saturated heterocycles. The number of hydrogen-bond donors (Lipinski definition) is 0. The van der Waals surface area contributed by atoms with Gasteiger partial charge in [-0.25, -0.2) is 4.90 Å². The molecule has 0 N–H and O–H groups in total. The summed E-state index contributed by atoms with van der Waals surface area (Å²) >= 11 is 6.82. The lowest BCUT2D eigenvalue weighted by Crippen LogP contribution is -2.27. The lowest BCUT2D eigenvalue weighted by molar-refractivity contribution is -0.113. The van der Waals surface area contributed by atoms with Crippen molar-refractivity contribution in [1.29, 1.82) is 5.26 Å². The summed E-state index contributed by atoms with van der Waals surface area (Å²) in [6.45, 7) is 2.15. The highest BCUT2D eigenvalue weighted by molar-refractivity contribution is 8.19. The van der Waals surface area contributed by atoms with Gasteiger partial charge in [0.25, 0.3) is 11.1 Å². The van der Waals surface area contributed by atoms with Gasteiger partial charge in [0.2, 0.25) is 0 Å². The van der Waals surface area contributed by atoms with Crippen molar-refractivity contribution < 1.29 is 19.1 Å². The summed E-state index contributed by atoms with van der Waals surface area (Å²) in [5.74, 6) is 0.480. The van der Waals surface area contributed by atoms with Gasteiger partial charge in [-0.15, -0.1) is 0 Å². The van der Waals surface area contributed by atoms with E-state index in [1.807, 2.05) is 13.0 Å². The van der Waals surface area contributed by atoms with E-state index in [1.54, 1.807) is 48.5 Å². The quantitative estimate of drug-likeness (QED) is 0.626. The number of nitrogens with zero attached hydrogens (tertiary/aromatic N) is 2. The van der Waals surface area contributed by atoms with Gasteiger partial charge < -0.3 is 9.47 Å². The normalized spacial score (nSPS) is 15.0. The molecule has 0 bridgehead atoms. The van der Waals surface area contributed by atoms with Crippen molar-refractivity contribution in [1.82, 2.24) is 0 Å². The highest BCUT2D eigenvalue weighted by atomic mass is 35.5. The number of hydrogen-bond acceptors (Lipinski definition) is 6. The van der Waals surface area contributed by atoms with Crippen molar-refractivity contribution in [2.45, 2.75) is 6.92 Å². The number of benzene rings is 2. The molecule has 6 nitrogen and oxygen atoms in total. The van der Waals surface area contributed by atoms with E-state index in [9.17, 15) is 9.59 Å². The maximum absolute atomic E-state index is 12.7. The van der Waals surface area contributed by atoms with E-state index >= 15 is 0 Å². The molecule has 28 heavy (non-hydrogen) atoms. The van der Waals surface area contributed by atoms with Crippen molar-refractivity contribution in [3.05, 3.63) is 58.0 Å². The Balaban J connectivity index is 1.89. The minimum Gasteiger partial charge on any atom is -0.490 e. The zero-order valence-corrected chi connectivity index (χ0v) is 16.4. The minimum absolute atomic E-state index is 0.0993. The predicted molar refractivity (Wildman–Crippen MR) is 109 cm³/mol. The number of rotatable bonds is 6. The number of amides is 2. The minimum atomic E-state index is -0.417.